The second kappa shape index (κ2) is 10.5. The summed E-state index contributed by atoms with van der Waals surface area (Å²) in [7, 11) is 0. The highest BCUT2D eigenvalue weighted by atomic mass is 19.4. The number of aryl methyl sites for hydroxylation is 1. The van der Waals surface area contributed by atoms with E-state index in [1.54, 1.807) is 0 Å². The van der Waals surface area contributed by atoms with E-state index in [0.717, 1.165) is 31.2 Å². The first-order valence-electron chi connectivity index (χ1n) is 11.4. The fraction of sp³-hybridized carbons (Fsp3) is 0.500. The van der Waals surface area contributed by atoms with Crippen LogP contribution in [-0.2, 0) is 17.6 Å². The first kappa shape index (κ1) is 24.9. The number of nitrogens with one attached hydrogen (secondary N) is 1. The van der Waals surface area contributed by atoms with Crippen molar-refractivity contribution in [3.05, 3.63) is 59.2 Å². The minimum atomic E-state index is -4.92. The minimum absolute atomic E-state index is 0.00772. The zero-order valence-corrected chi connectivity index (χ0v) is 19.2. The van der Waals surface area contributed by atoms with Gasteiger partial charge in [0.15, 0.2) is 0 Å². The van der Waals surface area contributed by atoms with Crippen LogP contribution in [0, 0.1) is 5.41 Å². The summed E-state index contributed by atoms with van der Waals surface area (Å²) in [6.45, 7) is 4.42. The number of phenols is 1. The van der Waals surface area contributed by atoms with E-state index in [0.29, 0.717) is 30.8 Å². The summed E-state index contributed by atoms with van der Waals surface area (Å²) in [5.74, 6) is -1.79. The fourth-order valence-corrected chi connectivity index (χ4v) is 4.66. The molecule has 33 heavy (non-hydrogen) atoms. The lowest BCUT2D eigenvalue weighted by Crippen LogP contribution is -2.40. The second-order valence-corrected chi connectivity index (χ2v) is 9.61. The molecule has 0 aliphatic heterocycles. The van der Waals surface area contributed by atoms with E-state index in [1.807, 2.05) is 43.4 Å². The second-order valence-electron chi connectivity index (χ2n) is 9.61. The molecular formula is C26H32F3NO3. The quantitative estimate of drug-likeness (QED) is 0.454. The molecule has 1 aliphatic rings. The van der Waals surface area contributed by atoms with Gasteiger partial charge in [-0.2, -0.15) is 13.2 Å². The predicted octanol–water partition coefficient (Wildman–Crippen LogP) is 5.92. The molecule has 1 aliphatic carbocycles. The van der Waals surface area contributed by atoms with E-state index in [2.05, 4.69) is 12.1 Å². The molecule has 0 bridgehead atoms. The maximum atomic E-state index is 12.6. The van der Waals surface area contributed by atoms with E-state index in [1.165, 1.54) is 11.6 Å². The Morgan fingerprint density at radius 3 is 2.58 bits per heavy atom. The van der Waals surface area contributed by atoms with Gasteiger partial charge in [0.05, 0.1) is 6.61 Å². The lowest BCUT2D eigenvalue weighted by atomic mass is 9.69. The van der Waals surface area contributed by atoms with Gasteiger partial charge in [-0.3, -0.25) is 4.79 Å². The van der Waals surface area contributed by atoms with Gasteiger partial charge in [0.25, 0.3) is 0 Å². The molecule has 2 aromatic carbocycles. The van der Waals surface area contributed by atoms with Gasteiger partial charge in [-0.05, 0) is 61.1 Å². The Kier molecular flexibility index (Phi) is 7.92. The summed E-state index contributed by atoms with van der Waals surface area (Å²) in [5, 5.41) is 12.6. The van der Waals surface area contributed by atoms with Crippen molar-refractivity contribution in [1.82, 2.24) is 5.32 Å². The molecule has 2 N–H and O–H groups in total. The van der Waals surface area contributed by atoms with Gasteiger partial charge in [0.1, 0.15) is 11.5 Å². The molecule has 4 nitrogen and oxygen atoms in total. The van der Waals surface area contributed by atoms with Gasteiger partial charge in [0, 0.05) is 24.1 Å². The van der Waals surface area contributed by atoms with Crippen molar-refractivity contribution in [2.45, 2.75) is 64.5 Å². The zero-order chi connectivity index (χ0) is 24.1. The van der Waals surface area contributed by atoms with E-state index in [4.69, 9.17) is 4.74 Å². The number of benzene rings is 2. The Bertz CT molecular complexity index is 942. The lowest BCUT2D eigenvalue weighted by Gasteiger charge is -2.37. The van der Waals surface area contributed by atoms with Crippen LogP contribution < -0.4 is 10.1 Å². The van der Waals surface area contributed by atoms with E-state index in [-0.39, 0.29) is 17.7 Å². The van der Waals surface area contributed by atoms with Crippen LogP contribution in [0.2, 0.25) is 0 Å². The number of hydrogen-bond acceptors (Lipinski definition) is 3. The molecule has 0 radical (unpaired) electrons. The molecule has 1 amide bonds. The summed E-state index contributed by atoms with van der Waals surface area (Å²) in [4.78, 5) is 11.3. The molecule has 1 unspecified atom stereocenters. The average Bonchev–Trinajstić information content (AvgIpc) is 2.73. The Morgan fingerprint density at radius 2 is 1.88 bits per heavy atom. The standard InChI is InChI=1S/C26H32F3NO3/c1-25(2)15-19-13-21(33-12-8-4-7-11-18-9-5-3-6-10-18)14-22(31)23(19)20(16-25)17-30-24(32)26(27,28)29/h3,5-6,9-10,13-14,20,31H,4,7-8,11-12,15-17H2,1-2H3,(H,30,32). The van der Waals surface area contributed by atoms with Gasteiger partial charge < -0.3 is 15.2 Å². The maximum Gasteiger partial charge on any atom is 0.471 e. The largest absolute Gasteiger partial charge is 0.508 e. The number of hydrogen-bond donors (Lipinski definition) is 2. The van der Waals surface area contributed by atoms with Crippen molar-refractivity contribution >= 4 is 5.91 Å². The molecule has 0 heterocycles. The number of ether oxygens (including phenoxy) is 1. The summed E-state index contributed by atoms with van der Waals surface area (Å²) in [6.07, 6.45) is 0.335. The molecule has 0 fully saturated rings. The third-order valence-electron chi connectivity index (χ3n) is 6.08. The lowest BCUT2D eigenvalue weighted by molar-refractivity contribution is -0.173. The number of carbonyl (C=O) groups is 1. The van der Waals surface area contributed by atoms with Crippen LogP contribution in [-0.4, -0.2) is 30.3 Å². The van der Waals surface area contributed by atoms with Crippen molar-refractivity contribution in [2.24, 2.45) is 5.41 Å². The Labute approximate surface area is 193 Å². The van der Waals surface area contributed by atoms with Gasteiger partial charge in [-0.15, -0.1) is 0 Å². The SMILES string of the molecule is CC1(C)Cc2cc(OCCCCCc3ccccc3)cc(O)c2C(CNC(=O)C(F)(F)F)C1. The molecule has 0 aromatic heterocycles. The maximum absolute atomic E-state index is 12.6. The van der Waals surface area contributed by atoms with Gasteiger partial charge in [-0.1, -0.05) is 44.2 Å². The smallest absolute Gasteiger partial charge is 0.471 e. The van der Waals surface area contributed by atoms with Gasteiger partial charge in [0.2, 0.25) is 0 Å². The van der Waals surface area contributed by atoms with Crippen LogP contribution in [0.15, 0.2) is 42.5 Å². The Morgan fingerprint density at radius 1 is 1.15 bits per heavy atom. The number of phenolic OH excluding ortho intramolecular Hbond substituents is 1. The highest BCUT2D eigenvalue weighted by molar-refractivity contribution is 5.81. The van der Waals surface area contributed by atoms with Crippen LogP contribution in [0.4, 0.5) is 13.2 Å². The number of unbranched alkanes of at least 4 members (excludes halogenated alkanes) is 2. The van der Waals surface area contributed by atoms with Crippen LogP contribution >= 0.6 is 0 Å². The molecule has 2 aromatic rings. The number of amides is 1. The Balaban J connectivity index is 1.57. The molecule has 7 heteroatoms. The first-order valence-corrected chi connectivity index (χ1v) is 11.4. The molecule has 0 saturated carbocycles. The predicted molar refractivity (Wildman–Crippen MR) is 122 cm³/mol. The molecule has 180 valence electrons. The molecule has 3 rings (SSSR count). The zero-order valence-electron chi connectivity index (χ0n) is 19.2. The van der Waals surface area contributed by atoms with Crippen molar-refractivity contribution in [3.8, 4) is 11.5 Å². The van der Waals surface area contributed by atoms with E-state index < -0.39 is 18.0 Å². The monoisotopic (exact) mass is 463 g/mol. The third kappa shape index (κ3) is 7.14. The van der Waals surface area contributed by atoms with Crippen molar-refractivity contribution in [3.63, 3.8) is 0 Å². The van der Waals surface area contributed by atoms with Crippen LogP contribution in [0.5, 0.6) is 11.5 Å². The first-order chi connectivity index (χ1) is 15.5. The molecule has 0 spiro atoms. The summed E-state index contributed by atoms with van der Waals surface area (Å²) >= 11 is 0. The number of carbonyl (C=O) groups excluding carboxylic acids is 1. The van der Waals surface area contributed by atoms with Crippen molar-refractivity contribution < 1.29 is 27.8 Å². The fourth-order valence-electron chi connectivity index (χ4n) is 4.66. The molecular weight excluding hydrogens is 431 g/mol. The van der Waals surface area contributed by atoms with Crippen LogP contribution in [0.25, 0.3) is 0 Å². The summed E-state index contributed by atoms with van der Waals surface area (Å²) < 4.78 is 43.6. The van der Waals surface area contributed by atoms with Gasteiger partial charge >= 0.3 is 12.1 Å². The molecule has 0 saturated heterocycles. The number of halogens is 3. The highest BCUT2D eigenvalue weighted by Gasteiger charge is 2.40. The summed E-state index contributed by atoms with van der Waals surface area (Å²) in [6, 6.07) is 13.7. The average molecular weight is 464 g/mol. The number of alkyl halides is 3. The number of aromatic hydroxyl groups is 1. The van der Waals surface area contributed by atoms with E-state index in [9.17, 15) is 23.1 Å². The Hall–Kier alpha value is -2.70. The summed E-state index contributed by atoms with van der Waals surface area (Å²) in [5.41, 5.74) is 2.61. The van der Waals surface area contributed by atoms with Crippen LogP contribution in [0.1, 0.15) is 62.1 Å². The van der Waals surface area contributed by atoms with Crippen LogP contribution in [0.3, 0.4) is 0 Å². The number of rotatable bonds is 9. The number of fused-ring (bicyclic) bond motifs is 1. The third-order valence-corrected chi connectivity index (χ3v) is 6.08. The minimum Gasteiger partial charge on any atom is -0.508 e. The van der Waals surface area contributed by atoms with Crippen molar-refractivity contribution in [2.75, 3.05) is 13.2 Å². The van der Waals surface area contributed by atoms with Gasteiger partial charge in [-0.25, -0.2) is 0 Å². The normalized spacial score (nSPS) is 17.3. The van der Waals surface area contributed by atoms with E-state index >= 15 is 0 Å². The topological polar surface area (TPSA) is 58.6 Å². The highest BCUT2D eigenvalue weighted by Crippen LogP contribution is 2.46. The molecule has 1 atom stereocenters. The van der Waals surface area contributed by atoms with Crippen molar-refractivity contribution in [1.29, 1.82) is 0 Å².